The molecule has 3 rings (SSSR count). The van der Waals surface area contributed by atoms with E-state index in [-0.39, 0.29) is 6.04 Å². The van der Waals surface area contributed by atoms with Gasteiger partial charge in [0.05, 0.1) is 0 Å². The molecule has 0 heterocycles. The highest BCUT2D eigenvalue weighted by molar-refractivity contribution is 5.18. The van der Waals surface area contributed by atoms with E-state index < -0.39 is 0 Å². The van der Waals surface area contributed by atoms with Gasteiger partial charge in [0.15, 0.2) is 0 Å². The minimum absolute atomic E-state index is 0.179. The van der Waals surface area contributed by atoms with Crippen molar-refractivity contribution in [2.24, 2.45) is 23.5 Å². The van der Waals surface area contributed by atoms with Crippen LogP contribution in [0.5, 0.6) is 0 Å². The monoisotopic (exact) mass is 272 g/mol. The van der Waals surface area contributed by atoms with Crippen molar-refractivity contribution in [2.75, 3.05) is 20.1 Å². The van der Waals surface area contributed by atoms with Gasteiger partial charge in [-0.15, -0.1) is 0 Å². The Morgan fingerprint density at radius 2 is 2.00 bits per heavy atom. The Bertz CT molecular complexity index is 417. The van der Waals surface area contributed by atoms with Gasteiger partial charge in [0.2, 0.25) is 0 Å². The van der Waals surface area contributed by atoms with Crippen molar-refractivity contribution in [3.8, 4) is 0 Å². The van der Waals surface area contributed by atoms with Crippen LogP contribution in [0.15, 0.2) is 30.3 Å². The summed E-state index contributed by atoms with van der Waals surface area (Å²) in [6.45, 7) is 2.40. The molecule has 110 valence electrons. The highest BCUT2D eigenvalue weighted by Crippen LogP contribution is 2.48. The number of hydrogen-bond acceptors (Lipinski definition) is 2. The molecule has 0 spiro atoms. The number of fused-ring (bicyclic) bond motifs is 2. The third kappa shape index (κ3) is 3.24. The molecule has 0 aromatic heterocycles. The van der Waals surface area contributed by atoms with E-state index in [9.17, 15) is 0 Å². The van der Waals surface area contributed by atoms with Crippen LogP contribution in [0.3, 0.4) is 0 Å². The van der Waals surface area contributed by atoms with Gasteiger partial charge >= 0.3 is 0 Å². The lowest BCUT2D eigenvalue weighted by molar-refractivity contribution is 0.215. The molecule has 2 nitrogen and oxygen atoms in total. The quantitative estimate of drug-likeness (QED) is 0.859. The first-order valence-electron chi connectivity index (χ1n) is 8.21. The van der Waals surface area contributed by atoms with Crippen molar-refractivity contribution < 1.29 is 0 Å². The van der Waals surface area contributed by atoms with Crippen molar-refractivity contribution in [2.45, 2.75) is 38.1 Å². The summed E-state index contributed by atoms with van der Waals surface area (Å²) in [6.07, 6.45) is 7.06. The summed E-state index contributed by atoms with van der Waals surface area (Å²) in [5.41, 5.74) is 7.55. The summed E-state index contributed by atoms with van der Waals surface area (Å²) in [6, 6.07) is 10.7. The topological polar surface area (TPSA) is 29.3 Å². The van der Waals surface area contributed by atoms with Crippen LogP contribution in [0.2, 0.25) is 0 Å². The molecule has 2 aliphatic carbocycles. The van der Waals surface area contributed by atoms with Crippen molar-refractivity contribution in [3.05, 3.63) is 35.9 Å². The van der Waals surface area contributed by atoms with Crippen LogP contribution < -0.4 is 5.73 Å². The highest BCUT2D eigenvalue weighted by atomic mass is 15.1. The molecular weight excluding hydrogens is 244 g/mol. The van der Waals surface area contributed by atoms with E-state index in [1.807, 2.05) is 0 Å². The highest BCUT2D eigenvalue weighted by Gasteiger charge is 2.39. The normalized spacial score (nSPS) is 30.1. The van der Waals surface area contributed by atoms with Crippen molar-refractivity contribution in [1.29, 1.82) is 0 Å². The molecule has 2 aliphatic rings. The van der Waals surface area contributed by atoms with Crippen LogP contribution in [0, 0.1) is 17.8 Å². The molecule has 20 heavy (non-hydrogen) atoms. The van der Waals surface area contributed by atoms with Crippen LogP contribution in [-0.2, 0) is 0 Å². The Morgan fingerprint density at radius 3 is 2.65 bits per heavy atom. The second-order valence-electron chi connectivity index (χ2n) is 7.00. The van der Waals surface area contributed by atoms with Crippen LogP contribution in [-0.4, -0.2) is 25.0 Å². The summed E-state index contributed by atoms with van der Waals surface area (Å²) in [7, 11) is 2.27. The summed E-state index contributed by atoms with van der Waals surface area (Å²) in [5.74, 6) is 3.06. The van der Waals surface area contributed by atoms with Crippen LogP contribution in [0.1, 0.15) is 43.7 Å². The van der Waals surface area contributed by atoms with Gasteiger partial charge in [-0.3, -0.25) is 0 Å². The van der Waals surface area contributed by atoms with E-state index >= 15 is 0 Å². The molecule has 2 saturated carbocycles. The molecule has 2 heteroatoms. The Morgan fingerprint density at radius 1 is 1.20 bits per heavy atom. The Labute approximate surface area is 123 Å². The maximum atomic E-state index is 6.29. The van der Waals surface area contributed by atoms with E-state index in [2.05, 4.69) is 42.3 Å². The zero-order chi connectivity index (χ0) is 13.9. The number of nitrogens with zero attached hydrogens (tertiary/aromatic N) is 1. The minimum Gasteiger partial charge on any atom is -0.324 e. The largest absolute Gasteiger partial charge is 0.324 e. The van der Waals surface area contributed by atoms with E-state index in [1.54, 1.807) is 0 Å². The summed E-state index contributed by atoms with van der Waals surface area (Å²) in [4.78, 5) is 2.51. The first-order chi connectivity index (χ1) is 9.72. The van der Waals surface area contributed by atoms with Gasteiger partial charge in [0.25, 0.3) is 0 Å². The molecule has 2 N–H and O–H groups in total. The molecule has 0 aliphatic heterocycles. The third-order valence-electron chi connectivity index (χ3n) is 5.48. The summed E-state index contributed by atoms with van der Waals surface area (Å²) < 4.78 is 0. The number of hydrogen-bond donors (Lipinski definition) is 1. The van der Waals surface area contributed by atoms with E-state index in [4.69, 9.17) is 5.73 Å². The lowest BCUT2D eigenvalue weighted by Crippen LogP contribution is -2.31. The number of rotatable bonds is 6. The van der Waals surface area contributed by atoms with Gasteiger partial charge in [0, 0.05) is 12.6 Å². The Balaban J connectivity index is 1.42. The van der Waals surface area contributed by atoms with Crippen molar-refractivity contribution in [3.63, 3.8) is 0 Å². The Hall–Kier alpha value is -0.860. The summed E-state index contributed by atoms with van der Waals surface area (Å²) >= 11 is 0. The first-order valence-corrected chi connectivity index (χ1v) is 8.21. The van der Waals surface area contributed by atoms with Gasteiger partial charge < -0.3 is 10.6 Å². The molecule has 4 atom stereocenters. The standard InChI is InChI=1S/C18H28N2/c1-20(13-17-12-14-7-8-16(17)11-14)10-9-18(19)15-5-3-2-4-6-15/h2-6,14,16-18H,7-13,19H2,1H3. The van der Waals surface area contributed by atoms with Gasteiger partial charge in [-0.05, 0) is 62.6 Å². The minimum atomic E-state index is 0.179. The fourth-order valence-electron chi connectivity index (χ4n) is 4.32. The molecule has 0 saturated heterocycles. The van der Waals surface area contributed by atoms with Crippen LogP contribution in [0.25, 0.3) is 0 Å². The zero-order valence-corrected chi connectivity index (χ0v) is 12.7. The van der Waals surface area contributed by atoms with Crippen molar-refractivity contribution in [1.82, 2.24) is 4.90 Å². The fraction of sp³-hybridized carbons (Fsp3) is 0.667. The van der Waals surface area contributed by atoms with Gasteiger partial charge in [0.1, 0.15) is 0 Å². The molecule has 0 radical (unpaired) electrons. The molecule has 1 aromatic carbocycles. The molecule has 1 aromatic rings. The van der Waals surface area contributed by atoms with Gasteiger partial charge in [-0.25, -0.2) is 0 Å². The Kier molecular flexibility index (Phi) is 4.42. The van der Waals surface area contributed by atoms with Crippen LogP contribution in [0.4, 0.5) is 0 Å². The predicted octanol–water partition coefficient (Wildman–Crippen LogP) is 3.44. The van der Waals surface area contributed by atoms with Crippen molar-refractivity contribution >= 4 is 0 Å². The lowest BCUT2D eigenvalue weighted by Gasteiger charge is -2.27. The second-order valence-corrected chi connectivity index (χ2v) is 7.00. The molecule has 2 bridgehead atoms. The maximum absolute atomic E-state index is 6.29. The average Bonchev–Trinajstić information content (AvgIpc) is 3.08. The lowest BCUT2D eigenvalue weighted by atomic mass is 9.88. The average molecular weight is 272 g/mol. The van der Waals surface area contributed by atoms with E-state index in [1.165, 1.54) is 37.8 Å². The first kappa shape index (κ1) is 14.1. The zero-order valence-electron chi connectivity index (χ0n) is 12.7. The summed E-state index contributed by atoms with van der Waals surface area (Å²) in [5, 5.41) is 0. The predicted molar refractivity (Wildman–Crippen MR) is 84.4 cm³/mol. The smallest absolute Gasteiger partial charge is 0.0307 e. The van der Waals surface area contributed by atoms with Crippen LogP contribution >= 0.6 is 0 Å². The second kappa shape index (κ2) is 6.28. The number of nitrogens with two attached hydrogens (primary N) is 1. The van der Waals surface area contributed by atoms with Gasteiger partial charge in [-0.2, -0.15) is 0 Å². The third-order valence-corrected chi connectivity index (χ3v) is 5.48. The molecule has 4 unspecified atom stereocenters. The molecule has 0 amide bonds. The molecule has 2 fully saturated rings. The SMILES string of the molecule is CN(CCC(N)c1ccccc1)CC1CC2CCC1C2. The van der Waals surface area contributed by atoms with E-state index in [0.717, 1.165) is 30.7 Å². The fourth-order valence-corrected chi connectivity index (χ4v) is 4.32. The number of benzene rings is 1. The van der Waals surface area contributed by atoms with E-state index in [0.29, 0.717) is 0 Å². The van der Waals surface area contributed by atoms with Gasteiger partial charge in [-0.1, -0.05) is 36.8 Å². The molecular formula is C18H28N2. The maximum Gasteiger partial charge on any atom is 0.0307 e.